The Hall–Kier alpha value is -3.46. The van der Waals surface area contributed by atoms with Gasteiger partial charge in [0.1, 0.15) is 5.82 Å². The van der Waals surface area contributed by atoms with Gasteiger partial charge in [-0.25, -0.2) is 4.39 Å². The number of anilines is 2. The summed E-state index contributed by atoms with van der Waals surface area (Å²) in [5.41, 5.74) is 2.26. The number of fused-ring (bicyclic) bond motifs is 1. The molecule has 3 fully saturated rings. The second kappa shape index (κ2) is 10.5. The topological polar surface area (TPSA) is 73.4 Å². The Morgan fingerprint density at radius 1 is 0.925 bits per heavy atom. The van der Waals surface area contributed by atoms with E-state index in [2.05, 4.69) is 9.80 Å². The molecule has 4 aliphatic rings. The molecule has 0 radical (unpaired) electrons. The van der Waals surface area contributed by atoms with E-state index in [1.165, 1.54) is 17.0 Å². The molecule has 3 saturated heterocycles. The third-order valence-corrected chi connectivity index (χ3v) is 8.86. The first-order chi connectivity index (χ1) is 19.2. The van der Waals surface area contributed by atoms with Crippen LogP contribution in [0, 0.1) is 11.7 Å². The number of hydrogen-bond donors (Lipinski definition) is 0. The lowest BCUT2D eigenvalue weighted by atomic mass is 9.93. The molecule has 4 heterocycles. The van der Waals surface area contributed by atoms with Crippen LogP contribution in [0.4, 0.5) is 15.8 Å². The van der Waals surface area contributed by atoms with E-state index in [1.807, 2.05) is 30.9 Å². The minimum absolute atomic E-state index is 0.143. The molecule has 2 aromatic carbocycles. The first-order valence-corrected chi connectivity index (χ1v) is 14.4. The molecule has 3 amide bonds. The Kier molecular flexibility index (Phi) is 7.02. The Bertz CT molecular complexity index is 1300. The summed E-state index contributed by atoms with van der Waals surface area (Å²) in [6, 6.07) is 11.8. The van der Waals surface area contributed by atoms with Crippen LogP contribution < -0.4 is 9.80 Å². The zero-order valence-electron chi connectivity index (χ0n) is 23.3. The number of hydrogen-bond acceptors (Lipinski definition) is 6. The fourth-order valence-electron chi connectivity index (χ4n) is 6.79. The highest BCUT2D eigenvalue weighted by atomic mass is 19.1. The van der Waals surface area contributed by atoms with E-state index in [4.69, 9.17) is 4.74 Å². The molecule has 0 aliphatic carbocycles. The predicted molar refractivity (Wildman–Crippen MR) is 150 cm³/mol. The third-order valence-electron chi connectivity index (χ3n) is 8.86. The quantitative estimate of drug-likeness (QED) is 0.539. The zero-order valence-corrected chi connectivity index (χ0v) is 23.3. The average Bonchev–Trinajstić information content (AvgIpc) is 3.22. The van der Waals surface area contributed by atoms with Crippen molar-refractivity contribution >= 4 is 29.1 Å². The molecule has 0 N–H and O–H groups in total. The van der Waals surface area contributed by atoms with Crippen molar-refractivity contribution in [2.24, 2.45) is 5.92 Å². The number of piperazine rings is 1. The molecule has 6 rings (SSSR count). The van der Waals surface area contributed by atoms with E-state index in [9.17, 15) is 18.8 Å². The van der Waals surface area contributed by atoms with Gasteiger partial charge in [-0.05, 0) is 75.9 Å². The van der Waals surface area contributed by atoms with Gasteiger partial charge in [-0.2, -0.15) is 0 Å². The van der Waals surface area contributed by atoms with Crippen molar-refractivity contribution in [1.29, 1.82) is 0 Å². The lowest BCUT2D eigenvalue weighted by Crippen LogP contribution is -2.52. The maximum atomic E-state index is 13.7. The van der Waals surface area contributed by atoms with Crippen LogP contribution in [0.3, 0.4) is 0 Å². The van der Waals surface area contributed by atoms with E-state index >= 15 is 0 Å². The number of imide groups is 1. The monoisotopic (exact) mass is 548 g/mol. The number of nitrogens with zero attached hydrogens (tertiary/aromatic N) is 4. The van der Waals surface area contributed by atoms with Crippen molar-refractivity contribution in [3.8, 4) is 0 Å². The van der Waals surface area contributed by atoms with Crippen molar-refractivity contribution in [2.75, 3.05) is 55.7 Å². The number of ether oxygens (including phenoxy) is 1. The minimum atomic E-state index is -0.383. The molecule has 2 aromatic rings. The summed E-state index contributed by atoms with van der Waals surface area (Å²) < 4.78 is 19.1. The normalized spacial score (nSPS) is 24.9. The number of amides is 3. The van der Waals surface area contributed by atoms with Crippen LogP contribution in [0.2, 0.25) is 0 Å². The largest absolute Gasteiger partial charge is 0.375 e. The van der Waals surface area contributed by atoms with Crippen LogP contribution in [0.25, 0.3) is 0 Å². The fourth-order valence-corrected chi connectivity index (χ4v) is 6.79. The number of carbonyl (C=O) groups excluding carboxylic acids is 3. The number of halogens is 1. The fraction of sp³-hybridized carbons (Fsp3) is 0.516. The lowest BCUT2D eigenvalue weighted by molar-refractivity contribution is -0.136. The summed E-state index contributed by atoms with van der Waals surface area (Å²) >= 11 is 0. The van der Waals surface area contributed by atoms with E-state index in [-0.39, 0.29) is 41.1 Å². The first kappa shape index (κ1) is 26.7. The van der Waals surface area contributed by atoms with Gasteiger partial charge >= 0.3 is 0 Å². The van der Waals surface area contributed by atoms with Crippen LogP contribution in [-0.2, 0) is 9.53 Å². The predicted octanol–water partition coefficient (Wildman–Crippen LogP) is 3.94. The smallest absolute Gasteiger partial charge is 0.263 e. The van der Waals surface area contributed by atoms with Crippen molar-refractivity contribution in [1.82, 2.24) is 9.80 Å². The van der Waals surface area contributed by atoms with Gasteiger partial charge in [-0.15, -0.1) is 0 Å². The summed E-state index contributed by atoms with van der Waals surface area (Å²) in [7, 11) is 0. The van der Waals surface area contributed by atoms with E-state index in [0.29, 0.717) is 63.3 Å². The van der Waals surface area contributed by atoms with Gasteiger partial charge in [0.05, 0.1) is 28.3 Å². The van der Waals surface area contributed by atoms with Crippen LogP contribution in [0.1, 0.15) is 60.2 Å². The molecule has 0 spiro atoms. The molecule has 212 valence electrons. The van der Waals surface area contributed by atoms with Crippen molar-refractivity contribution in [3.63, 3.8) is 0 Å². The minimum Gasteiger partial charge on any atom is -0.375 e. The Morgan fingerprint density at radius 3 is 2.40 bits per heavy atom. The molecular weight excluding hydrogens is 511 g/mol. The summed E-state index contributed by atoms with van der Waals surface area (Å²) in [6.07, 6.45) is 2.90. The zero-order chi connectivity index (χ0) is 28.0. The molecule has 9 heteroatoms. The SMILES string of the molecule is CC1(C)CC(N2C(=O)c3cccc(N4CCCC(C(=O)N5CCN(c6ccc(F)cc6)CC5)C4)c3C2=O)CCO1. The Balaban J connectivity index is 1.14. The van der Waals surface area contributed by atoms with Crippen LogP contribution >= 0.6 is 0 Å². The van der Waals surface area contributed by atoms with E-state index in [1.54, 1.807) is 18.2 Å². The summed E-state index contributed by atoms with van der Waals surface area (Å²) in [4.78, 5) is 48.5. The van der Waals surface area contributed by atoms with Crippen LogP contribution in [0.15, 0.2) is 42.5 Å². The maximum Gasteiger partial charge on any atom is 0.263 e. The molecule has 0 saturated carbocycles. The molecule has 2 atom stereocenters. The van der Waals surface area contributed by atoms with Gasteiger partial charge in [-0.3, -0.25) is 19.3 Å². The molecule has 0 bridgehead atoms. The molecule has 40 heavy (non-hydrogen) atoms. The van der Waals surface area contributed by atoms with Crippen LogP contribution in [-0.4, -0.2) is 85.0 Å². The standard InChI is InChI=1S/C31H37FN4O4/c1-31(2)19-24(12-18-40-31)36-29(38)25-6-3-7-26(27(25)30(36)39)35-13-4-5-21(20-35)28(37)34-16-14-33(15-17-34)23-10-8-22(32)9-11-23/h3,6-11,21,24H,4-5,12-20H2,1-2H3. The second-order valence-electron chi connectivity index (χ2n) is 12.0. The van der Waals surface area contributed by atoms with Gasteiger partial charge in [-0.1, -0.05) is 6.07 Å². The van der Waals surface area contributed by atoms with Crippen molar-refractivity contribution in [3.05, 3.63) is 59.4 Å². The number of carbonyl (C=O) groups is 3. The molecule has 2 unspecified atom stereocenters. The number of benzene rings is 2. The van der Waals surface area contributed by atoms with Crippen molar-refractivity contribution in [2.45, 2.75) is 51.2 Å². The van der Waals surface area contributed by atoms with Gasteiger partial charge in [0.15, 0.2) is 0 Å². The maximum absolute atomic E-state index is 13.7. The Labute approximate surface area is 234 Å². The third kappa shape index (κ3) is 4.96. The number of rotatable bonds is 4. The molecule has 4 aliphatic heterocycles. The molecule has 8 nitrogen and oxygen atoms in total. The Morgan fingerprint density at radius 2 is 1.68 bits per heavy atom. The first-order valence-electron chi connectivity index (χ1n) is 14.4. The molecular formula is C31H37FN4O4. The lowest BCUT2D eigenvalue weighted by Gasteiger charge is -2.40. The van der Waals surface area contributed by atoms with Gasteiger partial charge < -0.3 is 19.4 Å². The highest BCUT2D eigenvalue weighted by Gasteiger charge is 2.45. The highest BCUT2D eigenvalue weighted by Crippen LogP contribution is 2.38. The van der Waals surface area contributed by atoms with Gasteiger partial charge in [0.2, 0.25) is 5.91 Å². The van der Waals surface area contributed by atoms with Gasteiger partial charge in [0.25, 0.3) is 11.8 Å². The second-order valence-corrected chi connectivity index (χ2v) is 12.0. The van der Waals surface area contributed by atoms with Crippen molar-refractivity contribution < 1.29 is 23.5 Å². The number of piperidine rings is 1. The highest BCUT2D eigenvalue weighted by molar-refractivity contribution is 6.24. The summed E-state index contributed by atoms with van der Waals surface area (Å²) in [6.45, 7) is 8.43. The summed E-state index contributed by atoms with van der Waals surface area (Å²) in [5, 5.41) is 0. The van der Waals surface area contributed by atoms with Crippen LogP contribution in [0.5, 0.6) is 0 Å². The van der Waals surface area contributed by atoms with E-state index < -0.39 is 0 Å². The average molecular weight is 549 g/mol. The van der Waals surface area contributed by atoms with E-state index in [0.717, 1.165) is 30.8 Å². The molecule has 0 aromatic heterocycles. The summed E-state index contributed by atoms with van der Waals surface area (Å²) in [5.74, 6) is -0.738. The van der Waals surface area contributed by atoms with Gasteiger partial charge in [0, 0.05) is 57.6 Å².